The zero-order chi connectivity index (χ0) is 14.2. The van der Waals surface area contributed by atoms with Gasteiger partial charge in [-0.25, -0.2) is 4.39 Å². The van der Waals surface area contributed by atoms with Gasteiger partial charge in [-0.3, -0.25) is 10.1 Å². The lowest BCUT2D eigenvalue weighted by molar-refractivity contribution is -0.384. The SMILES string of the molecule is CC1CC(N)CCN1c1cc(F)c(Cl)cc1[N+](=O)[O-]. The Labute approximate surface area is 115 Å². The molecule has 2 rings (SSSR count). The number of rotatable bonds is 2. The van der Waals surface area contributed by atoms with Crippen LogP contribution in [-0.2, 0) is 0 Å². The van der Waals surface area contributed by atoms with Crippen LogP contribution in [0.2, 0.25) is 5.02 Å². The van der Waals surface area contributed by atoms with E-state index >= 15 is 0 Å². The summed E-state index contributed by atoms with van der Waals surface area (Å²) in [6.07, 6.45) is 1.45. The number of nitrogens with two attached hydrogens (primary N) is 1. The molecule has 1 aromatic carbocycles. The molecule has 1 aromatic rings. The van der Waals surface area contributed by atoms with Gasteiger partial charge in [0.25, 0.3) is 5.69 Å². The van der Waals surface area contributed by atoms with Crippen molar-refractivity contribution in [3.05, 3.63) is 33.1 Å². The zero-order valence-electron chi connectivity index (χ0n) is 10.5. The van der Waals surface area contributed by atoms with Gasteiger partial charge in [0.05, 0.1) is 9.95 Å². The van der Waals surface area contributed by atoms with Crippen molar-refractivity contribution in [2.75, 3.05) is 11.4 Å². The standard InChI is InChI=1S/C12H15ClFN3O2/c1-7-4-8(15)2-3-16(7)11-6-10(14)9(13)5-12(11)17(18)19/h5-8H,2-4,15H2,1H3. The second kappa shape index (κ2) is 5.30. The molecule has 19 heavy (non-hydrogen) atoms. The molecule has 5 nitrogen and oxygen atoms in total. The molecule has 1 heterocycles. The van der Waals surface area contributed by atoms with Crippen molar-refractivity contribution in [1.82, 2.24) is 0 Å². The molecule has 0 amide bonds. The van der Waals surface area contributed by atoms with Crippen molar-refractivity contribution >= 4 is 23.0 Å². The van der Waals surface area contributed by atoms with Gasteiger partial charge in [0.1, 0.15) is 11.5 Å². The number of halogens is 2. The largest absolute Gasteiger partial charge is 0.363 e. The van der Waals surface area contributed by atoms with E-state index in [-0.39, 0.29) is 28.5 Å². The van der Waals surface area contributed by atoms with Crippen LogP contribution in [-0.4, -0.2) is 23.6 Å². The zero-order valence-corrected chi connectivity index (χ0v) is 11.2. The van der Waals surface area contributed by atoms with Crippen LogP contribution in [0.5, 0.6) is 0 Å². The van der Waals surface area contributed by atoms with Crippen molar-refractivity contribution in [3.8, 4) is 0 Å². The number of anilines is 1. The number of nitrogens with zero attached hydrogens (tertiary/aromatic N) is 2. The number of nitro groups is 1. The Bertz CT molecular complexity index is 512. The summed E-state index contributed by atoms with van der Waals surface area (Å²) in [6, 6.07) is 2.31. The smallest absolute Gasteiger partial charge is 0.294 e. The maximum absolute atomic E-state index is 13.6. The minimum absolute atomic E-state index is 0.0306. The lowest BCUT2D eigenvalue weighted by atomic mass is 9.98. The monoisotopic (exact) mass is 287 g/mol. The normalized spacial score (nSPS) is 23.5. The van der Waals surface area contributed by atoms with E-state index in [0.29, 0.717) is 6.54 Å². The highest BCUT2D eigenvalue weighted by atomic mass is 35.5. The van der Waals surface area contributed by atoms with Crippen LogP contribution in [0.1, 0.15) is 19.8 Å². The first-order valence-corrected chi connectivity index (χ1v) is 6.43. The van der Waals surface area contributed by atoms with E-state index in [4.69, 9.17) is 17.3 Å². The molecule has 1 saturated heterocycles. The van der Waals surface area contributed by atoms with Crippen LogP contribution in [0.25, 0.3) is 0 Å². The summed E-state index contributed by atoms with van der Waals surface area (Å²) in [6.45, 7) is 2.50. The number of hydrogen-bond donors (Lipinski definition) is 1. The predicted molar refractivity (Wildman–Crippen MR) is 72.1 cm³/mol. The molecule has 0 radical (unpaired) electrons. The highest BCUT2D eigenvalue weighted by Crippen LogP contribution is 2.36. The van der Waals surface area contributed by atoms with Crippen molar-refractivity contribution in [3.63, 3.8) is 0 Å². The van der Waals surface area contributed by atoms with Crippen molar-refractivity contribution in [2.45, 2.75) is 31.8 Å². The van der Waals surface area contributed by atoms with Gasteiger partial charge in [0.2, 0.25) is 0 Å². The Morgan fingerprint density at radius 3 is 2.84 bits per heavy atom. The van der Waals surface area contributed by atoms with Crippen LogP contribution in [0.4, 0.5) is 15.8 Å². The summed E-state index contributed by atoms with van der Waals surface area (Å²) < 4.78 is 13.6. The topological polar surface area (TPSA) is 72.4 Å². The first-order chi connectivity index (χ1) is 8.90. The molecular weight excluding hydrogens is 273 g/mol. The molecule has 104 valence electrons. The van der Waals surface area contributed by atoms with E-state index in [1.54, 1.807) is 0 Å². The lowest BCUT2D eigenvalue weighted by Gasteiger charge is -2.37. The average Bonchev–Trinajstić information content (AvgIpc) is 2.32. The van der Waals surface area contributed by atoms with E-state index in [1.165, 1.54) is 0 Å². The fourth-order valence-corrected chi connectivity index (χ4v) is 2.63. The summed E-state index contributed by atoms with van der Waals surface area (Å²) in [5, 5.41) is 10.8. The lowest BCUT2D eigenvalue weighted by Crippen LogP contribution is -2.45. The van der Waals surface area contributed by atoms with Crippen LogP contribution in [0, 0.1) is 15.9 Å². The van der Waals surface area contributed by atoms with E-state index in [9.17, 15) is 14.5 Å². The summed E-state index contributed by atoms with van der Waals surface area (Å²) in [4.78, 5) is 12.4. The van der Waals surface area contributed by atoms with Crippen molar-refractivity contribution < 1.29 is 9.31 Å². The number of piperidine rings is 1. The van der Waals surface area contributed by atoms with Gasteiger partial charge in [0, 0.05) is 30.8 Å². The molecular formula is C12H15ClFN3O2. The minimum Gasteiger partial charge on any atom is -0.363 e. The van der Waals surface area contributed by atoms with Gasteiger partial charge in [0.15, 0.2) is 0 Å². The van der Waals surface area contributed by atoms with Gasteiger partial charge >= 0.3 is 0 Å². The quantitative estimate of drug-likeness (QED) is 0.670. The van der Waals surface area contributed by atoms with Crippen LogP contribution in [0.3, 0.4) is 0 Å². The Balaban J connectivity index is 2.43. The molecule has 0 aromatic heterocycles. The number of nitro benzene ring substituents is 1. The van der Waals surface area contributed by atoms with Gasteiger partial charge < -0.3 is 10.6 Å². The number of hydrogen-bond acceptors (Lipinski definition) is 4. The third-order valence-electron chi connectivity index (χ3n) is 3.44. The molecule has 0 saturated carbocycles. The predicted octanol–water partition coefficient (Wildman–Crippen LogP) is 2.70. The van der Waals surface area contributed by atoms with E-state index < -0.39 is 10.7 Å². The molecule has 7 heteroatoms. The Morgan fingerprint density at radius 1 is 1.58 bits per heavy atom. The van der Waals surface area contributed by atoms with E-state index in [1.807, 2.05) is 11.8 Å². The van der Waals surface area contributed by atoms with Gasteiger partial charge in [-0.15, -0.1) is 0 Å². The van der Waals surface area contributed by atoms with Crippen LogP contribution >= 0.6 is 11.6 Å². The number of benzene rings is 1. The molecule has 2 N–H and O–H groups in total. The molecule has 1 fully saturated rings. The molecule has 1 aliphatic rings. The molecule has 0 spiro atoms. The minimum atomic E-state index is -0.649. The van der Waals surface area contributed by atoms with Crippen LogP contribution in [0.15, 0.2) is 12.1 Å². The average molecular weight is 288 g/mol. The van der Waals surface area contributed by atoms with E-state index in [0.717, 1.165) is 25.0 Å². The van der Waals surface area contributed by atoms with Gasteiger partial charge in [-0.1, -0.05) is 11.6 Å². The second-order valence-corrected chi connectivity index (χ2v) is 5.25. The summed E-state index contributed by atoms with van der Waals surface area (Å²) in [5.74, 6) is -0.649. The fourth-order valence-electron chi connectivity index (χ4n) is 2.47. The van der Waals surface area contributed by atoms with Crippen LogP contribution < -0.4 is 10.6 Å². The van der Waals surface area contributed by atoms with Crippen molar-refractivity contribution in [2.24, 2.45) is 5.73 Å². The highest BCUT2D eigenvalue weighted by Gasteiger charge is 2.29. The van der Waals surface area contributed by atoms with Gasteiger partial charge in [-0.05, 0) is 19.8 Å². The molecule has 2 unspecified atom stereocenters. The molecule has 2 atom stereocenters. The Kier molecular flexibility index (Phi) is 3.91. The van der Waals surface area contributed by atoms with Gasteiger partial charge in [-0.2, -0.15) is 0 Å². The van der Waals surface area contributed by atoms with Crippen molar-refractivity contribution in [1.29, 1.82) is 0 Å². The third kappa shape index (κ3) is 2.79. The maximum Gasteiger partial charge on any atom is 0.294 e. The molecule has 0 aliphatic carbocycles. The molecule has 1 aliphatic heterocycles. The Morgan fingerprint density at radius 2 is 2.26 bits per heavy atom. The summed E-state index contributed by atoms with van der Waals surface area (Å²) >= 11 is 5.61. The second-order valence-electron chi connectivity index (χ2n) is 4.84. The first kappa shape index (κ1) is 14.0. The first-order valence-electron chi connectivity index (χ1n) is 6.05. The highest BCUT2D eigenvalue weighted by molar-refractivity contribution is 6.31. The maximum atomic E-state index is 13.6. The molecule has 0 bridgehead atoms. The fraction of sp³-hybridized carbons (Fsp3) is 0.500. The third-order valence-corrected chi connectivity index (χ3v) is 3.73. The summed E-state index contributed by atoms with van der Waals surface area (Å²) in [7, 11) is 0. The summed E-state index contributed by atoms with van der Waals surface area (Å²) in [5.41, 5.74) is 5.96. The van der Waals surface area contributed by atoms with E-state index in [2.05, 4.69) is 0 Å². The Hall–Kier alpha value is -1.40.